The summed E-state index contributed by atoms with van der Waals surface area (Å²) in [5.74, 6) is -3.96. The standard InChI is InChI=1S/C20H15F8N7/c21-18(22)7-10(8-18)9-30-16-33-15(12-2-1-3-13(32-12)19(23,24)25)34-17(35-16)31-11-4-5-29-14(6-11)20(26,27)28/h1-6,10H,7-9H2,(H2,29,30,31,33,34,35). The van der Waals surface area contributed by atoms with Gasteiger partial charge in [0.15, 0.2) is 5.82 Å². The summed E-state index contributed by atoms with van der Waals surface area (Å²) in [6.45, 7) is 0.0436. The Hall–Kier alpha value is -3.65. The summed E-state index contributed by atoms with van der Waals surface area (Å²) in [4.78, 5) is 18.7. The molecule has 0 aromatic carbocycles. The van der Waals surface area contributed by atoms with E-state index in [9.17, 15) is 35.1 Å². The molecule has 2 N–H and O–H groups in total. The lowest BCUT2D eigenvalue weighted by Gasteiger charge is -2.34. The number of nitrogens with one attached hydrogen (secondary N) is 2. The van der Waals surface area contributed by atoms with Gasteiger partial charge in [-0.1, -0.05) is 6.07 Å². The van der Waals surface area contributed by atoms with Gasteiger partial charge in [-0.25, -0.2) is 13.8 Å². The summed E-state index contributed by atoms with van der Waals surface area (Å²) in [6.07, 6.45) is -9.27. The predicted molar refractivity (Wildman–Crippen MR) is 107 cm³/mol. The van der Waals surface area contributed by atoms with Crippen molar-refractivity contribution in [3.63, 3.8) is 0 Å². The zero-order valence-electron chi connectivity index (χ0n) is 17.4. The summed E-state index contributed by atoms with van der Waals surface area (Å²) in [6, 6.07) is 4.93. The maximum absolute atomic E-state index is 13.1. The molecule has 186 valence electrons. The van der Waals surface area contributed by atoms with Crippen molar-refractivity contribution in [2.75, 3.05) is 17.2 Å². The zero-order chi connectivity index (χ0) is 25.4. The van der Waals surface area contributed by atoms with Gasteiger partial charge in [0.1, 0.15) is 17.1 Å². The number of hydrogen-bond donors (Lipinski definition) is 2. The van der Waals surface area contributed by atoms with Gasteiger partial charge in [-0.15, -0.1) is 0 Å². The Morgan fingerprint density at radius 3 is 2.20 bits per heavy atom. The van der Waals surface area contributed by atoms with Crippen molar-refractivity contribution >= 4 is 17.6 Å². The second-order valence-corrected chi connectivity index (χ2v) is 7.78. The highest BCUT2D eigenvalue weighted by Crippen LogP contribution is 2.42. The van der Waals surface area contributed by atoms with E-state index >= 15 is 0 Å². The molecule has 1 aliphatic rings. The van der Waals surface area contributed by atoms with E-state index in [1.807, 2.05) is 0 Å². The SMILES string of the molecule is FC1(F)CC(CNc2nc(Nc3ccnc(C(F)(F)F)c3)nc(-c3cccc(C(F)(F)F)n3)n2)C1. The average Bonchev–Trinajstić information content (AvgIpc) is 2.75. The molecule has 1 saturated carbocycles. The van der Waals surface area contributed by atoms with Crippen LogP contribution in [-0.4, -0.2) is 37.4 Å². The van der Waals surface area contributed by atoms with Crippen LogP contribution in [0.4, 0.5) is 52.7 Å². The Morgan fingerprint density at radius 2 is 1.54 bits per heavy atom. The lowest BCUT2D eigenvalue weighted by atomic mass is 9.81. The van der Waals surface area contributed by atoms with Crippen LogP contribution in [-0.2, 0) is 12.4 Å². The molecule has 15 heteroatoms. The normalized spacial score (nSPS) is 16.0. The minimum atomic E-state index is -4.74. The molecule has 0 radical (unpaired) electrons. The van der Waals surface area contributed by atoms with E-state index in [0.717, 1.165) is 18.3 Å². The topological polar surface area (TPSA) is 88.5 Å². The maximum atomic E-state index is 13.1. The second-order valence-electron chi connectivity index (χ2n) is 7.78. The second kappa shape index (κ2) is 8.85. The van der Waals surface area contributed by atoms with Gasteiger partial charge in [0.25, 0.3) is 0 Å². The Kier molecular flexibility index (Phi) is 6.19. The van der Waals surface area contributed by atoms with Crippen LogP contribution in [0, 0.1) is 5.92 Å². The molecule has 0 aliphatic heterocycles. The lowest BCUT2D eigenvalue weighted by Crippen LogP contribution is -2.39. The first-order chi connectivity index (χ1) is 16.3. The number of hydrogen-bond acceptors (Lipinski definition) is 7. The van der Waals surface area contributed by atoms with Crippen molar-refractivity contribution in [1.82, 2.24) is 24.9 Å². The van der Waals surface area contributed by atoms with Crippen LogP contribution in [0.5, 0.6) is 0 Å². The number of halogens is 8. The van der Waals surface area contributed by atoms with Crippen LogP contribution in [0.15, 0.2) is 36.5 Å². The molecule has 0 spiro atoms. The van der Waals surface area contributed by atoms with E-state index < -0.39 is 29.7 Å². The van der Waals surface area contributed by atoms with Crippen LogP contribution in [0.1, 0.15) is 24.2 Å². The smallest absolute Gasteiger partial charge is 0.354 e. The van der Waals surface area contributed by atoms with Gasteiger partial charge in [-0.2, -0.15) is 41.3 Å². The lowest BCUT2D eigenvalue weighted by molar-refractivity contribution is -0.141. The summed E-state index contributed by atoms with van der Waals surface area (Å²) >= 11 is 0. The zero-order valence-corrected chi connectivity index (χ0v) is 17.4. The third-order valence-corrected chi connectivity index (χ3v) is 4.93. The first-order valence-corrected chi connectivity index (χ1v) is 10.0. The van der Waals surface area contributed by atoms with Crippen molar-refractivity contribution < 1.29 is 35.1 Å². The molecule has 1 fully saturated rings. The number of rotatable bonds is 6. The van der Waals surface area contributed by atoms with Crippen molar-refractivity contribution in [3.05, 3.63) is 47.9 Å². The fourth-order valence-electron chi connectivity index (χ4n) is 3.30. The highest BCUT2D eigenvalue weighted by molar-refractivity contribution is 5.59. The fraction of sp³-hybridized carbons (Fsp3) is 0.350. The maximum Gasteiger partial charge on any atom is 0.433 e. The van der Waals surface area contributed by atoms with Gasteiger partial charge >= 0.3 is 12.4 Å². The van der Waals surface area contributed by atoms with E-state index in [4.69, 9.17) is 0 Å². The van der Waals surface area contributed by atoms with E-state index in [0.29, 0.717) is 6.07 Å². The van der Waals surface area contributed by atoms with Gasteiger partial charge < -0.3 is 10.6 Å². The number of pyridine rings is 2. The monoisotopic (exact) mass is 505 g/mol. The molecule has 7 nitrogen and oxygen atoms in total. The molecule has 3 heterocycles. The number of nitrogens with zero attached hydrogens (tertiary/aromatic N) is 5. The summed E-state index contributed by atoms with van der Waals surface area (Å²) in [5, 5.41) is 5.25. The molecule has 0 atom stereocenters. The number of aromatic nitrogens is 5. The first-order valence-electron chi connectivity index (χ1n) is 10.0. The van der Waals surface area contributed by atoms with Crippen molar-refractivity contribution in [3.8, 4) is 11.5 Å². The van der Waals surface area contributed by atoms with Crippen LogP contribution < -0.4 is 10.6 Å². The molecule has 0 saturated heterocycles. The Balaban J connectivity index is 1.65. The van der Waals surface area contributed by atoms with Crippen LogP contribution in [0.3, 0.4) is 0 Å². The quantitative estimate of drug-likeness (QED) is 0.424. The minimum Gasteiger partial charge on any atom is -0.354 e. The van der Waals surface area contributed by atoms with E-state index in [1.54, 1.807) is 0 Å². The van der Waals surface area contributed by atoms with Crippen molar-refractivity contribution in [1.29, 1.82) is 0 Å². The summed E-state index contributed by atoms with van der Waals surface area (Å²) in [5.41, 5.74) is -2.79. The van der Waals surface area contributed by atoms with Crippen LogP contribution in [0.25, 0.3) is 11.5 Å². The van der Waals surface area contributed by atoms with Gasteiger partial charge in [0.2, 0.25) is 17.8 Å². The molecule has 4 rings (SSSR count). The van der Waals surface area contributed by atoms with E-state index in [-0.39, 0.29) is 54.4 Å². The third kappa shape index (κ3) is 6.08. The molecule has 3 aromatic rings. The summed E-state index contributed by atoms with van der Waals surface area (Å²) in [7, 11) is 0. The van der Waals surface area contributed by atoms with Crippen molar-refractivity contribution in [2.45, 2.75) is 31.1 Å². The molecular formula is C20H15F8N7. The molecule has 0 amide bonds. The van der Waals surface area contributed by atoms with Crippen LogP contribution in [0.2, 0.25) is 0 Å². The number of anilines is 3. The van der Waals surface area contributed by atoms with Crippen molar-refractivity contribution in [2.24, 2.45) is 5.92 Å². The molecule has 0 unspecified atom stereocenters. The van der Waals surface area contributed by atoms with Gasteiger partial charge in [-0.3, -0.25) is 4.98 Å². The molecule has 0 bridgehead atoms. The van der Waals surface area contributed by atoms with E-state index in [2.05, 4.69) is 35.6 Å². The molecule has 1 aliphatic carbocycles. The largest absolute Gasteiger partial charge is 0.433 e. The van der Waals surface area contributed by atoms with Gasteiger partial charge in [-0.05, 0) is 30.2 Å². The molecular weight excluding hydrogens is 490 g/mol. The van der Waals surface area contributed by atoms with Gasteiger partial charge in [0.05, 0.1) is 0 Å². The molecule has 3 aromatic heterocycles. The van der Waals surface area contributed by atoms with Crippen LogP contribution >= 0.6 is 0 Å². The Morgan fingerprint density at radius 1 is 0.857 bits per heavy atom. The highest BCUT2D eigenvalue weighted by atomic mass is 19.4. The summed E-state index contributed by atoms with van der Waals surface area (Å²) < 4.78 is 104. The van der Waals surface area contributed by atoms with Gasteiger partial charge in [0, 0.05) is 31.3 Å². The number of alkyl halides is 8. The third-order valence-electron chi connectivity index (χ3n) is 4.93. The molecule has 35 heavy (non-hydrogen) atoms. The Labute approximate surface area is 192 Å². The average molecular weight is 505 g/mol. The predicted octanol–water partition coefficient (Wildman–Crippen LogP) is 5.57. The minimum absolute atomic E-state index is 0.0436. The fourth-order valence-corrected chi connectivity index (χ4v) is 3.30. The Bertz CT molecular complexity index is 1200. The first kappa shape index (κ1) is 24.5. The highest BCUT2D eigenvalue weighted by Gasteiger charge is 2.45. The van der Waals surface area contributed by atoms with E-state index in [1.165, 1.54) is 12.1 Å².